The highest BCUT2D eigenvalue weighted by atomic mass is 79.9. The summed E-state index contributed by atoms with van der Waals surface area (Å²) in [6.45, 7) is 0. The Morgan fingerprint density at radius 1 is 1.11 bits per heavy atom. The lowest BCUT2D eigenvalue weighted by atomic mass is 10.0. The largest absolute Gasteiger partial charge is 0.446 e. The van der Waals surface area contributed by atoms with Crippen molar-refractivity contribution in [1.82, 2.24) is 4.98 Å². The molecule has 0 N–H and O–H groups in total. The van der Waals surface area contributed by atoms with E-state index in [1.54, 1.807) is 24.4 Å². The number of hydrogen-bond acceptors (Lipinski definition) is 3. The summed E-state index contributed by atoms with van der Waals surface area (Å²) in [6.07, 6.45) is 1.68. The number of aromatic nitrogens is 1. The number of fused-ring (bicyclic) bond motifs is 1. The minimum absolute atomic E-state index is 0.162. The van der Waals surface area contributed by atoms with Crippen molar-refractivity contribution in [2.45, 2.75) is 0 Å². The molecule has 88 valence electrons. The molecule has 3 rings (SSSR count). The Morgan fingerprint density at radius 3 is 2.72 bits per heavy atom. The van der Waals surface area contributed by atoms with Crippen LogP contribution in [0.4, 0.5) is 0 Å². The van der Waals surface area contributed by atoms with Crippen molar-refractivity contribution in [3.05, 3.63) is 64.7 Å². The smallest absolute Gasteiger partial charge is 0.230 e. The Bertz CT molecular complexity index is 728. The van der Waals surface area contributed by atoms with E-state index in [1.165, 1.54) is 0 Å². The Hall–Kier alpha value is -1.94. The lowest BCUT2D eigenvalue weighted by molar-refractivity contribution is 0.101. The van der Waals surface area contributed by atoms with Gasteiger partial charge in [-0.1, -0.05) is 18.2 Å². The number of nitrogens with zero attached hydrogens (tertiary/aromatic N) is 1. The van der Waals surface area contributed by atoms with E-state index < -0.39 is 0 Å². The maximum atomic E-state index is 12.3. The molecule has 2 heterocycles. The van der Waals surface area contributed by atoms with Gasteiger partial charge in [0.05, 0.1) is 11.1 Å². The molecular formula is C14H8BrNO2. The summed E-state index contributed by atoms with van der Waals surface area (Å²) in [4.78, 5) is 16.6. The predicted molar refractivity (Wildman–Crippen MR) is 71.6 cm³/mol. The Labute approximate surface area is 112 Å². The van der Waals surface area contributed by atoms with Crippen molar-refractivity contribution in [2.75, 3.05) is 0 Å². The molecule has 4 heteroatoms. The van der Waals surface area contributed by atoms with Gasteiger partial charge in [-0.2, -0.15) is 0 Å². The molecule has 0 fully saturated rings. The van der Waals surface area contributed by atoms with Crippen LogP contribution in [-0.4, -0.2) is 10.8 Å². The van der Waals surface area contributed by atoms with E-state index in [2.05, 4.69) is 20.9 Å². The molecule has 3 aromatic rings. The van der Waals surface area contributed by atoms with Crippen LogP contribution < -0.4 is 0 Å². The summed E-state index contributed by atoms with van der Waals surface area (Å²) in [6, 6.07) is 12.7. The molecule has 0 unspecified atom stereocenters. The van der Waals surface area contributed by atoms with E-state index in [0.29, 0.717) is 21.5 Å². The third-order valence-corrected chi connectivity index (χ3v) is 3.10. The highest BCUT2D eigenvalue weighted by Crippen LogP contribution is 2.22. The van der Waals surface area contributed by atoms with E-state index >= 15 is 0 Å². The van der Waals surface area contributed by atoms with E-state index in [0.717, 1.165) is 5.39 Å². The first-order valence-corrected chi connectivity index (χ1v) is 6.19. The van der Waals surface area contributed by atoms with Crippen LogP contribution in [0, 0.1) is 0 Å². The highest BCUT2D eigenvalue weighted by molar-refractivity contribution is 9.10. The van der Waals surface area contributed by atoms with Crippen LogP contribution in [0.3, 0.4) is 0 Å². The summed E-state index contributed by atoms with van der Waals surface area (Å²) in [5.74, 6) is 0.144. The standard InChI is InChI=1S/C14H8BrNO2/c15-12-7-6-11(18-12)14(17)10-5-1-3-9-4-2-8-16-13(9)10/h1-8H. The van der Waals surface area contributed by atoms with Crippen molar-refractivity contribution < 1.29 is 9.21 Å². The fraction of sp³-hybridized carbons (Fsp3) is 0. The predicted octanol–water partition coefficient (Wildman–Crippen LogP) is 3.82. The summed E-state index contributed by atoms with van der Waals surface area (Å²) in [5, 5.41) is 0.939. The van der Waals surface area contributed by atoms with Gasteiger partial charge in [-0.25, -0.2) is 0 Å². The van der Waals surface area contributed by atoms with Gasteiger partial charge in [0.1, 0.15) is 0 Å². The third kappa shape index (κ3) is 1.84. The molecule has 0 atom stereocenters. The quantitative estimate of drug-likeness (QED) is 0.676. The molecule has 3 nitrogen and oxygen atoms in total. The summed E-state index contributed by atoms with van der Waals surface area (Å²) >= 11 is 3.19. The third-order valence-electron chi connectivity index (χ3n) is 2.67. The van der Waals surface area contributed by atoms with Crippen molar-refractivity contribution in [3.63, 3.8) is 0 Å². The number of benzene rings is 1. The van der Waals surface area contributed by atoms with Gasteiger partial charge < -0.3 is 4.42 Å². The number of para-hydroxylation sites is 1. The molecule has 1 aromatic carbocycles. The molecule has 0 saturated heterocycles. The number of rotatable bonds is 2. The van der Waals surface area contributed by atoms with Crippen LogP contribution >= 0.6 is 15.9 Å². The van der Waals surface area contributed by atoms with Gasteiger partial charge in [0, 0.05) is 11.6 Å². The molecule has 0 radical (unpaired) electrons. The molecule has 0 aliphatic rings. The molecule has 0 saturated carbocycles. The van der Waals surface area contributed by atoms with Gasteiger partial charge in [0.25, 0.3) is 0 Å². The van der Waals surface area contributed by atoms with E-state index in [1.807, 2.05) is 24.3 Å². The second-order valence-electron chi connectivity index (χ2n) is 3.81. The molecule has 0 aliphatic heterocycles. The zero-order valence-corrected chi connectivity index (χ0v) is 10.8. The highest BCUT2D eigenvalue weighted by Gasteiger charge is 2.16. The fourth-order valence-electron chi connectivity index (χ4n) is 1.86. The number of carbonyl (C=O) groups excluding carboxylic acids is 1. The Morgan fingerprint density at radius 2 is 1.94 bits per heavy atom. The maximum absolute atomic E-state index is 12.3. The average Bonchev–Trinajstić information content (AvgIpc) is 2.84. The van der Waals surface area contributed by atoms with E-state index in [4.69, 9.17) is 4.42 Å². The Balaban J connectivity index is 2.17. The van der Waals surface area contributed by atoms with Gasteiger partial charge in [-0.3, -0.25) is 9.78 Å². The first-order chi connectivity index (χ1) is 8.75. The molecule has 18 heavy (non-hydrogen) atoms. The van der Waals surface area contributed by atoms with Crippen molar-refractivity contribution in [2.24, 2.45) is 0 Å². The van der Waals surface area contributed by atoms with Crippen LogP contribution in [0.15, 0.2) is 57.7 Å². The molecule has 0 amide bonds. The molecule has 0 bridgehead atoms. The zero-order chi connectivity index (χ0) is 12.5. The molecular weight excluding hydrogens is 294 g/mol. The van der Waals surface area contributed by atoms with Gasteiger partial charge in [-0.05, 0) is 40.2 Å². The lowest BCUT2D eigenvalue weighted by Gasteiger charge is -2.02. The van der Waals surface area contributed by atoms with Crippen LogP contribution in [0.2, 0.25) is 0 Å². The fourth-order valence-corrected chi connectivity index (χ4v) is 2.16. The van der Waals surface area contributed by atoms with E-state index in [-0.39, 0.29) is 5.78 Å². The molecule has 2 aromatic heterocycles. The maximum Gasteiger partial charge on any atom is 0.230 e. The van der Waals surface area contributed by atoms with E-state index in [9.17, 15) is 4.79 Å². The number of hydrogen-bond donors (Lipinski definition) is 0. The minimum Gasteiger partial charge on any atom is -0.446 e. The van der Waals surface area contributed by atoms with Crippen LogP contribution in [0.1, 0.15) is 16.1 Å². The van der Waals surface area contributed by atoms with Gasteiger partial charge >= 0.3 is 0 Å². The average molecular weight is 302 g/mol. The van der Waals surface area contributed by atoms with Crippen LogP contribution in [-0.2, 0) is 0 Å². The van der Waals surface area contributed by atoms with Crippen molar-refractivity contribution >= 4 is 32.6 Å². The number of furan rings is 1. The monoisotopic (exact) mass is 301 g/mol. The second kappa shape index (κ2) is 4.38. The molecule has 0 spiro atoms. The van der Waals surface area contributed by atoms with Gasteiger partial charge in [0.2, 0.25) is 5.78 Å². The number of ketones is 1. The summed E-state index contributed by atoms with van der Waals surface area (Å²) in [7, 11) is 0. The normalized spacial score (nSPS) is 10.7. The first kappa shape index (κ1) is 11.2. The van der Waals surface area contributed by atoms with Crippen molar-refractivity contribution in [1.29, 1.82) is 0 Å². The topological polar surface area (TPSA) is 43.1 Å². The zero-order valence-electron chi connectivity index (χ0n) is 9.26. The number of halogens is 1. The molecule has 0 aliphatic carbocycles. The number of pyridine rings is 1. The Kier molecular flexibility index (Phi) is 2.72. The minimum atomic E-state index is -0.162. The van der Waals surface area contributed by atoms with Crippen molar-refractivity contribution in [3.8, 4) is 0 Å². The summed E-state index contributed by atoms with van der Waals surface area (Å²) in [5.41, 5.74) is 1.24. The van der Waals surface area contributed by atoms with Crippen LogP contribution in [0.25, 0.3) is 10.9 Å². The summed E-state index contributed by atoms with van der Waals surface area (Å²) < 4.78 is 5.83. The van der Waals surface area contributed by atoms with Crippen LogP contribution in [0.5, 0.6) is 0 Å². The van der Waals surface area contributed by atoms with Gasteiger partial charge in [-0.15, -0.1) is 0 Å². The lowest BCUT2D eigenvalue weighted by Crippen LogP contribution is -2.01. The number of carbonyl (C=O) groups is 1. The first-order valence-electron chi connectivity index (χ1n) is 5.39. The van der Waals surface area contributed by atoms with Gasteiger partial charge in [0.15, 0.2) is 10.4 Å². The second-order valence-corrected chi connectivity index (χ2v) is 4.60. The SMILES string of the molecule is O=C(c1ccc(Br)o1)c1cccc2cccnc12.